The standard InChI is InChI=1S/C9H7BrO4/c10-6-1-4-2-14-3-5(4)7(8(6)11)9(12)13/h1,11H,2-3H2,(H,12,13). The molecule has 74 valence electrons. The Hall–Kier alpha value is -1.07. The Kier molecular flexibility index (Phi) is 2.20. The van der Waals surface area contributed by atoms with Gasteiger partial charge in [-0.3, -0.25) is 0 Å². The molecule has 4 nitrogen and oxygen atoms in total. The lowest BCUT2D eigenvalue weighted by Crippen LogP contribution is -2.03. The van der Waals surface area contributed by atoms with Gasteiger partial charge in [0, 0.05) is 5.56 Å². The fourth-order valence-electron chi connectivity index (χ4n) is 1.52. The van der Waals surface area contributed by atoms with Crippen molar-refractivity contribution < 1.29 is 19.7 Å². The van der Waals surface area contributed by atoms with Gasteiger partial charge in [0.05, 0.1) is 17.7 Å². The number of phenols is 1. The number of rotatable bonds is 1. The summed E-state index contributed by atoms with van der Waals surface area (Å²) < 4.78 is 5.51. The molecule has 0 aliphatic carbocycles. The molecule has 1 aliphatic rings. The highest BCUT2D eigenvalue weighted by Crippen LogP contribution is 2.36. The summed E-state index contributed by atoms with van der Waals surface area (Å²) in [5, 5.41) is 18.5. The van der Waals surface area contributed by atoms with E-state index < -0.39 is 5.97 Å². The van der Waals surface area contributed by atoms with E-state index in [1.54, 1.807) is 6.07 Å². The average molecular weight is 259 g/mol. The van der Waals surface area contributed by atoms with Gasteiger partial charge in [0.15, 0.2) is 0 Å². The van der Waals surface area contributed by atoms with E-state index in [2.05, 4.69) is 15.9 Å². The summed E-state index contributed by atoms with van der Waals surface area (Å²) in [6.45, 7) is 0.645. The van der Waals surface area contributed by atoms with Crippen LogP contribution < -0.4 is 0 Å². The molecule has 5 heteroatoms. The molecule has 0 atom stereocenters. The zero-order chi connectivity index (χ0) is 10.3. The maximum absolute atomic E-state index is 10.9. The van der Waals surface area contributed by atoms with Crippen molar-refractivity contribution in [3.05, 3.63) is 27.2 Å². The Bertz CT molecular complexity index is 414. The van der Waals surface area contributed by atoms with E-state index >= 15 is 0 Å². The number of ether oxygens (including phenoxy) is 1. The number of hydrogen-bond donors (Lipinski definition) is 2. The lowest BCUT2D eigenvalue weighted by molar-refractivity contribution is 0.0689. The second-order valence-electron chi connectivity index (χ2n) is 3.02. The molecule has 1 aromatic rings. The van der Waals surface area contributed by atoms with Gasteiger partial charge in [0.25, 0.3) is 0 Å². The number of benzene rings is 1. The summed E-state index contributed by atoms with van der Waals surface area (Å²) in [6, 6.07) is 1.68. The van der Waals surface area contributed by atoms with Gasteiger partial charge in [-0.25, -0.2) is 4.79 Å². The SMILES string of the molecule is O=C(O)c1c(O)c(Br)cc2c1COC2. The molecule has 2 rings (SSSR count). The summed E-state index contributed by atoms with van der Waals surface area (Å²) in [7, 11) is 0. The van der Waals surface area contributed by atoms with Crippen LogP contribution >= 0.6 is 15.9 Å². The van der Waals surface area contributed by atoms with E-state index in [0.29, 0.717) is 16.6 Å². The number of aromatic hydroxyl groups is 1. The number of carboxylic acids is 1. The summed E-state index contributed by atoms with van der Waals surface area (Å²) in [5.41, 5.74) is 1.32. The number of aromatic carboxylic acids is 1. The molecule has 1 aliphatic heterocycles. The summed E-state index contributed by atoms with van der Waals surface area (Å²) in [6.07, 6.45) is 0. The Morgan fingerprint density at radius 3 is 2.86 bits per heavy atom. The molecular weight excluding hydrogens is 252 g/mol. The van der Waals surface area contributed by atoms with Crippen LogP contribution in [0.5, 0.6) is 5.75 Å². The smallest absolute Gasteiger partial charge is 0.339 e. The molecule has 1 aromatic carbocycles. The molecular formula is C9H7BrO4. The van der Waals surface area contributed by atoms with Crippen LogP contribution in [-0.4, -0.2) is 16.2 Å². The molecule has 0 bridgehead atoms. The Labute approximate surface area is 88.3 Å². The van der Waals surface area contributed by atoms with Crippen molar-refractivity contribution in [2.45, 2.75) is 13.2 Å². The number of carboxylic acid groups (broad SMARTS) is 1. The second-order valence-corrected chi connectivity index (χ2v) is 3.87. The van der Waals surface area contributed by atoms with Crippen molar-refractivity contribution in [1.82, 2.24) is 0 Å². The van der Waals surface area contributed by atoms with Crippen LogP contribution in [0.2, 0.25) is 0 Å². The van der Waals surface area contributed by atoms with Gasteiger partial charge < -0.3 is 14.9 Å². The molecule has 14 heavy (non-hydrogen) atoms. The Balaban J connectivity index is 2.72. The highest BCUT2D eigenvalue weighted by molar-refractivity contribution is 9.10. The minimum absolute atomic E-state index is 0.0631. The van der Waals surface area contributed by atoms with Crippen LogP contribution in [-0.2, 0) is 18.0 Å². The fraction of sp³-hybridized carbons (Fsp3) is 0.222. The number of halogens is 1. The molecule has 0 spiro atoms. The molecule has 0 radical (unpaired) electrons. The lowest BCUT2D eigenvalue weighted by Gasteiger charge is -2.07. The largest absolute Gasteiger partial charge is 0.506 e. The summed E-state index contributed by atoms with van der Waals surface area (Å²) in [5.74, 6) is -1.37. The molecule has 0 saturated heterocycles. The van der Waals surface area contributed by atoms with E-state index in [-0.39, 0.29) is 17.9 Å². The van der Waals surface area contributed by atoms with Crippen molar-refractivity contribution in [2.75, 3.05) is 0 Å². The maximum Gasteiger partial charge on any atom is 0.339 e. The third-order valence-electron chi connectivity index (χ3n) is 2.17. The minimum atomic E-state index is -1.13. The van der Waals surface area contributed by atoms with Crippen LogP contribution in [0.15, 0.2) is 10.5 Å². The first-order chi connectivity index (χ1) is 6.61. The molecule has 0 aromatic heterocycles. The predicted octanol–water partition coefficient (Wildman–Crippen LogP) is 1.88. The third-order valence-corrected chi connectivity index (χ3v) is 2.78. The monoisotopic (exact) mass is 258 g/mol. The van der Waals surface area contributed by atoms with Crippen molar-refractivity contribution in [3.8, 4) is 5.75 Å². The number of carbonyl (C=O) groups is 1. The van der Waals surface area contributed by atoms with Gasteiger partial charge in [-0.2, -0.15) is 0 Å². The van der Waals surface area contributed by atoms with Crippen molar-refractivity contribution in [3.63, 3.8) is 0 Å². The zero-order valence-corrected chi connectivity index (χ0v) is 8.67. The van der Waals surface area contributed by atoms with Gasteiger partial charge >= 0.3 is 5.97 Å². The predicted molar refractivity (Wildman–Crippen MR) is 51.3 cm³/mol. The molecule has 2 N–H and O–H groups in total. The molecule has 0 unspecified atom stereocenters. The summed E-state index contributed by atoms with van der Waals surface area (Å²) in [4.78, 5) is 10.9. The van der Waals surface area contributed by atoms with Gasteiger partial charge in [-0.1, -0.05) is 0 Å². The molecule has 1 heterocycles. The zero-order valence-electron chi connectivity index (χ0n) is 7.08. The van der Waals surface area contributed by atoms with E-state index in [4.69, 9.17) is 9.84 Å². The number of fused-ring (bicyclic) bond motifs is 1. The van der Waals surface area contributed by atoms with E-state index in [0.717, 1.165) is 5.56 Å². The van der Waals surface area contributed by atoms with E-state index in [1.807, 2.05) is 0 Å². The van der Waals surface area contributed by atoms with Crippen molar-refractivity contribution >= 4 is 21.9 Å². The van der Waals surface area contributed by atoms with Gasteiger partial charge in [0.2, 0.25) is 0 Å². The molecule has 0 fully saturated rings. The van der Waals surface area contributed by atoms with Gasteiger partial charge in [-0.05, 0) is 27.6 Å². The number of hydrogen-bond acceptors (Lipinski definition) is 3. The average Bonchev–Trinajstić information content (AvgIpc) is 2.52. The topological polar surface area (TPSA) is 66.8 Å². The fourth-order valence-corrected chi connectivity index (χ4v) is 1.99. The highest BCUT2D eigenvalue weighted by atomic mass is 79.9. The highest BCUT2D eigenvalue weighted by Gasteiger charge is 2.24. The molecule has 0 amide bonds. The van der Waals surface area contributed by atoms with Crippen LogP contribution in [0.1, 0.15) is 21.5 Å². The summed E-state index contributed by atoms with van der Waals surface area (Å²) >= 11 is 3.10. The van der Waals surface area contributed by atoms with E-state index in [9.17, 15) is 9.90 Å². The first-order valence-electron chi connectivity index (χ1n) is 3.95. The van der Waals surface area contributed by atoms with Crippen molar-refractivity contribution in [1.29, 1.82) is 0 Å². The normalized spacial score (nSPS) is 14.1. The van der Waals surface area contributed by atoms with Crippen molar-refractivity contribution in [2.24, 2.45) is 0 Å². The lowest BCUT2D eigenvalue weighted by atomic mass is 10.0. The Morgan fingerprint density at radius 2 is 2.21 bits per heavy atom. The van der Waals surface area contributed by atoms with Gasteiger partial charge in [0.1, 0.15) is 11.3 Å². The van der Waals surface area contributed by atoms with E-state index in [1.165, 1.54) is 0 Å². The van der Waals surface area contributed by atoms with Crippen LogP contribution in [0, 0.1) is 0 Å². The maximum atomic E-state index is 10.9. The second kappa shape index (κ2) is 3.25. The minimum Gasteiger partial charge on any atom is -0.506 e. The Morgan fingerprint density at radius 1 is 1.50 bits per heavy atom. The van der Waals surface area contributed by atoms with Crippen LogP contribution in [0.25, 0.3) is 0 Å². The first-order valence-corrected chi connectivity index (χ1v) is 4.75. The van der Waals surface area contributed by atoms with Gasteiger partial charge in [-0.15, -0.1) is 0 Å². The third kappa shape index (κ3) is 1.29. The van der Waals surface area contributed by atoms with Crippen LogP contribution in [0.3, 0.4) is 0 Å². The van der Waals surface area contributed by atoms with Crippen LogP contribution in [0.4, 0.5) is 0 Å². The first kappa shape index (κ1) is 9.48. The quantitative estimate of drug-likeness (QED) is 0.808. The molecule has 0 saturated carbocycles.